The molecule has 1 aliphatic heterocycles. The van der Waals surface area contributed by atoms with Crippen LogP contribution in [0, 0.1) is 5.82 Å². The summed E-state index contributed by atoms with van der Waals surface area (Å²) >= 11 is 0. The molecule has 1 amide bonds. The molecular weight excluding hydrogens is 409 g/mol. The molecule has 0 saturated heterocycles. The maximum absolute atomic E-state index is 14.1. The van der Waals surface area contributed by atoms with Gasteiger partial charge in [0.2, 0.25) is 5.91 Å². The first-order valence-corrected chi connectivity index (χ1v) is 10.6. The Kier molecular flexibility index (Phi) is 5.23. The Bertz CT molecular complexity index is 1200. The second-order valence-electron chi connectivity index (χ2n) is 7.88. The molecule has 1 atom stereocenters. The number of hydrogen-bond donors (Lipinski definition) is 2. The number of halogens is 1. The molecular formula is C25H22FN3O3. The second-order valence-corrected chi connectivity index (χ2v) is 7.88. The maximum atomic E-state index is 14.1. The minimum absolute atomic E-state index is 0.0347. The van der Waals surface area contributed by atoms with Crippen LogP contribution in [0.1, 0.15) is 31.1 Å². The van der Waals surface area contributed by atoms with E-state index in [0.29, 0.717) is 17.8 Å². The number of carbonyl (C=O) groups excluding carboxylic acids is 2. The number of benzene rings is 2. The summed E-state index contributed by atoms with van der Waals surface area (Å²) in [4.78, 5) is 28.0. The largest absolute Gasteiger partial charge is 0.467 e. The van der Waals surface area contributed by atoms with Gasteiger partial charge in [-0.3, -0.25) is 9.59 Å². The van der Waals surface area contributed by atoms with Crippen LogP contribution < -0.4 is 15.5 Å². The van der Waals surface area contributed by atoms with Crippen LogP contribution in [0.25, 0.3) is 0 Å². The normalized spacial score (nSPS) is 17.8. The number of nitrogens with zero attached hydrogens (tertiary/aromatic N) is 1. The average Bonchev–Trinajstić information content (AvgIpc) is 3.27. The molecule has 0 saturated carbocycles. The summed E-state index contributed by atoms with van der Waals surface area (Å²) in [5.74, 6) is -0.292. The molecule has 6 nitrogen and oxygen atoms in total. The number of hydrogen-bond acceptors (Lipinski definition) is 5. The number of anilines is 3. The van der Waals surface area contributed by atoms with Crippen molar-refractivity contribution >= 4 is 28.8 Å². The standard InChI is InChI=1S/C25H22FN3O3/c26-16-7-1-2-8-17(16)28-23(31)15-29-20-11-4-3-9-18(20)27-19-10-5-12-21(30)24(19)25(29)22-13-6-14-32-22/h1-4,6-9,11,13-14,25,27H,5,10,12,15H2,(H,28,31). The van der Waals surface area contributed by atoms with Gasteiger partial charge in [0.15, 0.2) is 5.78 Å². The molecule has 2 N–H and O–H groups in total. The summed E-state index contributed by atoms with van der Waals surface area (Å²) in [6.45, 7) is -0.0948. The smallest absolute Gasteiger partial charge is 0.244 e. The predicted molar refractivity (Wildman–Crippen MR) is 120 cm³/mol. The average molecular weight is 431 g/mol. The van der Waals surface area contributed by atoms with E-state index < -0.39 is 17.8 Å². The van der Waals surface area contributed by atoms with Gasteiger partial charge in [0.25, 0.3) is 0 Å². The second kappa shape index (κ2) is 8.34. The molecule has 5 rings (SSSR count). The van der Waals surface area contributed by atoms with Crippen LogP contribution in [0.15, 0.2) is 82.6 Å². The van der Waals surface area contributed by atoms with Crippen LogP contribution in [-0.4, -0.2) is 18.2 Å². The number of nitrogens with one attached hydrogen (secondary N) is 2. The monoisotopic (exact) mass is 431 g/mol. The molecule has 3 aromatic rings. The maximum Gasteiger partial charge on any atom is 0.244 e. The molecule has 2 aliphatic rings. The number of allylic oxidation sites excluding steroid dienone is 1. The Morgan fingerprint density at radius 3 is 2.72 bits per heavy atom. The van der Waals surface area contributed by atoms with E-state index in [2.05, 4.69) is 10.6 Å². The molecule has 0 spiro atoms. The summed E-state index contributed by atoms with van der Waals surface area (Å²) < 4.78 is 19.8. The lowest BCUT2D eigenvalue weighted by Gasteiger charge is -2.33. The van der Waals surface area contributed by atoms with Gasteiger partial charge in [0.1, 0.15) is 17.6 Å². The lowest BCUT2D eigenvalue weighted by molar-refractivity contribution is -0.117. The molecule has 1 aromatic heterocycles. The van der Waals surface area contributed by atoms with E-state index in [1.165, 1.54) is 12.1 Å². The zero-order valence-electron chi connectivity index (χ0n) is 17.3. The first-order chi connectivity index (χ1) is 15.6. The van der Waals surface area contributed by atoms with Crippen LogP contribution in [0.2, 0.25) is 0 Å². The number of para-hydroxylation sites is 3. The first-order valence-electron chi connectivity index (χ1n) is 10.6. The number of Topliss-reactive ketones (excluding diaryl/α,β-unsaturated/α-hetero) is 1. The molecule has 7 heteroatoms. The van der Waals surface area contributed by atoms with Gasteiger partial charge < -0.3 is 20.0 Å². The Hall–Kier alpha value is -3.87. The van der Waals surface area contributed by atoms with Crippen LogP contribution in [0.3, 0.4) is 0 Å². The summed E-state index contributed by atoms with van der Waals surface area (Å²) in [6.07, 6.45) is 3.52. The van der Waals surface area contributed by atoms with Gasteiger partial charge in [-0.25, -0.2) is 4.39 Å². The number of carbonyl (C=O) groups is 2. The highest BCUT2D eigenvalue weighted by atomic mass is 19.1. The molecule has 1 aliphatic carbocycles. The summed E-state index contributed by atoms with van der Waals surface area (Å²) in [5, 5.41) is 6.08. The van der Waals surface area contributed by atoms with Crippen LogP contribution >= 0.6 is 0 Å². The van der Waals surface area contributed by atoms with Crippen molar-refractivity contribution in [1.29, 1.82) is 0 Å². The third kappa shape index (κ3) is 3.66. The predicted octanol–water partition coefficient (Wildman–Crippen LogP) is 5.04. The molecule has 0 bridgehead atoms. The van der Waals surface area contributed by atoms with E-state index in [-0.39, 0.29) is 18.0 Å². The fraction of sp³-hybridized carbons (Fsp3) is 0.200. The van der Waals surface area contributed by atoms with Crippen molar-refractivity contribution in [2.45, 2.75) is 25.3 Å². The summed E-state index contributed by atoms with van der Waals surface area (Å²) in [5.41, 5.74) is 3.15. The molecule has 32 heavy (non-hydrogen) atoms. The van der Waals surface area contributed by atoms with Gasteiger partial charge in [0, 0.05) is 17.7 Å². The van der Waals surface area contributed by atoms with E-state index >= 15 is 0 Å². The van der Waals surface area contributed by atoms with Crippen molar-refractivity contribution in [3.8, 4) is 0 Å². The van der Waals surface area contributed by atoms with Crippen LogP contribution in [0.5, 0.6) is 0 Å². The number of ketones is 1. The van der Waals surface area contributed by atoms with Crippen LogP contribution in [-0.2, 0) is 9.59 Å². The lowest BCUT2D eigenvalue weighted by Crippen LogP contribution is -2.38. The topological polar surface area (TPSA) is 74.6 Å². The third-order valence-corrected chi connectivity index (χ3v) is 5.81. The SMILES string of the molecule is O=C(CN1c2ccccc2NC2=C(C(=O)CCC2)C1c1ccco1)Nc1ccccc1F. The number of rotatable bonds is 4. The van der Waals surface area contributed by atoms with Crippen molar-refractivity contribution < 1.29 is 18.4 Å². The van der Waals surface area contributed by atoms with Gasteiger partial charge in [0.05, 0.1) is 29.9 Å². The highest BCUT2D eigenvalue weighted by Gasteiger charge is 2.38. The number of fused-ring (bicyclic) bond motifs is 1. The van der Waals surface area contributed by atoms with E-state index in [1.54, 1.807) is 24.5 Å². The van der Waals surface area contributed by atoms with Crippen LogP contribution in [0.4, 0.5) is 21.5 Å². The Morgan fingerprint density at radius 2 is 1.91 bits per heavy atom. The Labute approximate surface area is 184 Å². The van der Waals surface area contributed by atoms with E-state index in [1.807, 2.05) is 35.2 Å². The fourth-order valence-electron chi connectivity index (χ4n) is 4.42. The van der Waals surface area contributed by atoms with E-state index in [4.69, 9.17) is 4.42 Å². The van der Waals surface area contributed by atoms with E-state index in [9.17, 15) is 14.0 Å². The Morgan fingerprint density at radius 1 is 1.09 bits per heavy atom. The lowest BCUT2D eigenvalue weighted by atomic mass is 9.88. The number of amides is 1. The first kappa shape index (κ1) is 20.1. The van der Waals surface area contributed by atoms with Crippen molar-refractivity contribution in [1.82, 2.24) is 0 Å². The zero-order chi connectivity index (χ0) is 22.1. The zero-order valence-corrected chi connectivity index (χ0v) is 17.3. The minimum atomic E-state index is -0.574. The van der Waals surface area contributed by atoms with Gasteiger partial charge in [-0.2, -0.15) is 0 Å². The van der Waals surface area contributed by atoms with Gasteiger partial charge in [-0.05, 0) is 49.2 Å². The molecule has 162 valence electrons. The number of furan rings is 1. The Balaban J connectivity index is 1.59. The van der Waals surface area contributed by atoms with Crippen molar-refractivity contribution in [3.63, 3.8) is 0 Å². The molecule has 2 aromatic carbocycles. The highest BCUT2D eigenvalue weighted by Crippen LogP contribution is 2.44. The van der Waals surface area contributed by atoms with Gasteiger partial charge in [-0.15, -0.1) is 0 Å². The van der Waals surface area contributed by atoms with Crippen molar-refractivity contribution in [2.75, 3.05) is 22.1 Å². The summed E-state index contributed by atoms with van der Waals surface area (Å²) in [7, 11) is 0. The highest BCUT2D eigenvalue weighted by molar-refractivity contribution is 6.02. The van der Waals surface area contributed by atoms with Crippen molar-refractivity contribution in [3.05, 3.63) is 89.8 Å². The van der Waals surface area contributed by atoms with Gasteiger partial charge in [-0.1, -0.05) is 24.3 Å². The third-order valence-electron chi connectivity index (χ3n) is 5.81. The van der Waals surface area contributed by atoms with E-state index in [0.717, 1.165) is 29.9 Å². The molecule has 2 heterocycles. The molecule has 1 unspecified atom stereocenters. The molecule has 0 fully saturated rings. The van der Waals surface area contributed by atoms with Crippen molar-refractivity contribution in [2.24, 2.45) is 0 Å². The quantitative estimate of drug-likeness (QED) is 0.606. The summed E-state index contributed by atoms with van der Waals surface area (Å²) in [6, 6.07) is 16.7. The minimum Gasteiger partial charge on any atom is -0.467 e. The fourth-order valence-corrected chi connectivity index (χ4v) is 4.42. The molecule has 0 radical (unpaired) electrons. The van der Waals surface area contributed by atoms with Gasteiger partial charge >= 0.3 is 0 Å².